The number of ether oxygens (including phenoxy) is 3. The number of rotatable bonds is 7. The number of aryl methyl sites for hydroxylation is 1. The second-order valence-corrected chi connectivity index (χ2v) is 5.77. The van der Waals surface area contributed by atoms with E-state index in [1.165, 1.54) is 0 Å². The highest BCUT2D eigenvalue weighted by molar-refractivity contribution is 5.83. The summed E-state index contributed by atoms with van der Waals surface area (Å²) in [6.45, 7) is 2.53. The van der Waals surface area contributed by atoms with Crippen LogP contribution in [-0.4, -0.2) is 55.2 Å². The molecule has 1 N–H and O–H groups in total. The topological polar surface area (TPSA) is 99.0 Å². The molecular formula is C16H20N4O5. The highest BCUT2D eigenvalue weighted by Gasteiger charge is 2.25. The number of nitrogens with one attached hydrogen (secondary N) is 1. The predicted octanol–water partition coefficient (Wildman–Crippen LogP) is 0.905. The molecule has 9 nitrogen and oxygen atoms in total. The van der Waals surface area contributed by atoms with Crippen LogP contribution < -0.4 is 19.5 Å². The number of likely N-dealkylation sites (N-methyl/N-ethyl adjacent to an activating group) is 1. The third-order valence-electron chi connectivity index (χ3n) is 3.73. The molecule has 25 heavy (non-hydrogen) atoms. The van der Waals surface area contributed by atoms with Crippen LogP contribution in [0.5, 0.6) is 17.4 Å². The lowest BCUT2D eigenvalue weighted by Gasteiger charge is -2.24. The van der Waals surface area contributed by atoms with Gasteiger partial charge in [-0.05, 0) is 43.9 Å². The minimum absolute atomic E-state index is 0.137. The first-order valence-corrected chi connectivity index (χ1v) is 7.82. The zero-order valence-electron chi connectivity index (χ0n) is 14.3. The molecule has 0 saturated carbocycles. The Morgan fingerprint density at radius 2 is 2.12 bits per heavy atom. The van der Waals surface area contributed by atoms with Crippen molar-refractivity contribution in [2.45, 2.75) is 13.0 Å². The van der Waals surface area contributed by atoms with Gasteiger partial charge in [0, 0.05) is 0 Å². The van der Waals surface area contributed by atoms with Crippen molar-refractivity contribution >= 4 is 5.91 Å². The summed E-state index contributed by atoms with van der Waals surface area (Å²) in [5.41, 5.74) is 1.39. The maximum atomic E-state index is 12.6. The Morgan fingerprint density at radius 3 is 2.84 bits per heavy atom. The summed E-state index contributed by atoms with van der Waals surface area (Å²) < 4.78 is 20.6. The van der Waals surface area contributed by atoms with Crippen molar-refractivity contribution < 1.29 is 23.6 Å². The molecule has 0 unspecified atom stereocenters. The van der Waals surface area contributed by atoms with E-state index in [2.05, 4.69) is 20.3 Å². The average Bonchev–Trinajstić information content (AvgIpc) is 3.20. The molecule has 0 fully saturated rings. The number of aromatic nitrogens is 2. The SMILES string of the molecule is Cc1nonc1OCCNC(=O)[C@H](c1ccc2c(c1)OCO2)N(C)C. The van der Waals surface area contributed by atoms with Gasteiger partial charge in [-0.25, -0.2) is 4.63 Å². The minimum atomic E-state index is -0.454. The molecule has 1 aliphatic heterocycles. The van der Waals surface area contributed by atoms with Gasteiger partial charge in [0.2, 0.25) is 12.7 Å². The lowest BCUT2D eigenvalue weighted by atomic mass is 10.0. The Morgan fingerprint density at radius 1 is 1.32 bits per heavy atom. The number of benzene rings is 1. The van der Waals surface area contributed by atoms with Crippen LogP contribution in [0.25, 0.3) is 0 Å². The first-order valence-electron chi connectivity index (χ1n) is 7.82. The number of carbonyl (C=O) groups is 1. The molecule has 1 atom stereocenters. The summed E-state index contributed by atoms with van der Waals surface area (Å²) >= 11 is 0. The highest BCUT2D eigenvalue weighted by Crippen LogP contribution is 2.35. The number of nitrogens with zero attached hydrogens (tertiary/aromatic N) is 3. The van der Waals surface area contributed by atoms with Crippen LogP contribution in [0, 0.1) is 6.92 Å². The van der Waals surface area contributed by atoms with Crippen molar-refractivity contribution in [3.05, 3.63) is 29.5 Å². The average molecular weight is 348 g/mol. The molecule has 0 radical (unpaired) electrons. The van der Waals surface area contributed by atoms with E-state index in [4.69, 9.17) is 14.2 Å². The van der Waals surface area contributed by atoms with Crippen molar-refractivity contribution in [3.63, 3.8) is 0 Å². The quantitative estimate of drug-likeness (QED) is 0.737. The van der Waals surface area contributed by atoms with Crippen molar-refractivity contribution in [1.82, 2.24) is 20.5 Å². The summed E-state index contributed by atoms with van der Waals surface area (Å²) in [6.07, 6.45) is 0. The molecule has 1 aromatic heterocycles. The zero-order chi connectivity index (χ0) is 17.8. The van der Waals surface area contributed by atoms with E-state index in [1.807, 2.05) is 37.2 Å². The van der Waals surface area contributed by atoms with E-state index in [0.717, 1.165) is 5.56 Å². The molecule has 2 heterocycles. The van der Waals surface area contributed by atoms with Gasteiger partial charge in [-0.15, -0.1) is 0 Å². The monoisotopic (exact) mass is 348 g/mol. The predicted molar refractivity (Wildman–Crippen MR) is 86.5 cm³/mol. The lowest BCUT2D eigenvalue weighted by Crippen LogP contribution is -2.38. The maximum absolute atomic E-state index is 12.6. The Labute approximate surface area is 144 Å². The van der Waals surface area contributed by atoms with Crippen LogP contribution in [0.15, 0.2) is 22.8 Å². The lowest BCUT2D eigenvalue weighted by molar-refractivity contribution is -0.125. The number of hydrogen-bond donors (Lipinski definition) is 1. The van der Waals surface area contributed by atoms with E-state index in [9.17, 15) is 4.79 Å². The third kappa shape index (κ3) is 3.82. The van der Waals surface area contributed by atoms with E-state index in [0.29, 0.717) is 29.6 Å². The van der Waals surface area contributed by atoms with Gasteiger partial charge >= 0.3 is 0 Å². The van der Waals surface area contributed by atoms with E-state index in [1.54, 1.807) is 6.92 Å². The van der Waals surface area contributed by atoms with Crippen LogP contribution in [-0.2, 0) is 4.79 Å². The van der Waals surface area contributed by atoms with Crippen LogP contribution in [0.2, 0.25) is 0 Å². The van der Waals surface area contributed by atoms with Gasteiger partial charge < -0.3 is 19.5 Å². The second kappa shape index (κ2) is 7.39. The van der Waals surface area contributed by atoms with Crippen molar-refractivity contribution in [2.75, 3.05) is 34.0 Å². The molecule has 3 rings (SSSR count). The molecule has 9 heteroatoms. The Balaban J connectivity index is 1.58. The van der Waals surface area contributed by atoms with E-state index < -0.39 is 6.04 Å². The first kappa shape index (κ1) is 17.0. The molecule has 2 aromatic rings. The second-order valence-electron chi connectivity index (χ2n) is 5.77. The zero-order valence-corrected chi connectivity index (χ0v) is 14.3. The summed E-state index contributed by atoms with van der Waals surface area (Å²) in [6, 6.07) is 5.04. The van der Waals surface area contributed by atoms with Gasteiger partial charge in [-0.1, -0.05) is 11.2 Å². The van der Waals surface area contributed by atoms with Gasteiger partial charge in [0.05, 0.1) is 6.54 Å². The fourth-order valence-electron chi connectivity index (χ4n) is 2.54. The van der Waals surface area contributed by atoms with Gasteiger partial charge in [0.1, 0.15) is 18.3 Å². The molecule has 1 amide bonds. The van der Waals surface area contributed by atoms with Crippen molar-refractivity contribution in [3.8, 4) is 17.4 Å². The largest absolute Gasteiger partial charge is 0.472 e. The first-order chi connectivity index (χ1) is 12.1. The van der Waals surface area contributed by atoms with Crippen LogP contribution >= 0.6 is 0 Å². The maximum Gasteiger partial charge on any atom is 0.278 e. The third-order valence-corrected chi connectivity index (χ3v) is 3.73. The standard InChI is InChI=1S/C16H20N4O5/c1-10-16(19-25-18-10)22-7-6-17-15(21)14(20(2)3)11-4-5-12-13(8-11)24-9-23-12/h4-5,8,14H,6-7,9H2,1-3H3,(H,17,21)/t14-/m0/s1. The van der Waals surface area contributed by atoms with Crippen LogP contribution in [0.4, 0.5) is 0 Å². The molecule has 0 aliphatic carbocycles. The van der Waals surface area contributed by atoms with Crippen LogP contribution in [0.3, 0.4) is 0 Å². The number of hydrogen-bond acceptors (Lipinski definition) is 8. The summed E-state index contributed by atoms with van der Waals surface area (Å²) in [7, 11) is 3.69. The smallest absolute Gasteiger partial charge is 0.278 e. The fourth-order valence-corrected chi connectivity index (χ4v) is 2.54. The van der Waals surface area contributed by atoms with Crippen molar-refractivity contribution in [2.24, 2.45) is 0 Å². The molecule has 0 saturated heterocycles. The summed E-state index contributed by atoms with van der Waals surface area (Å²) in [5, 5.41) is 10.1. The Hall–Kier alpha value is -2.81. The molecular weight excluding hydrogens is 328 g/mol. The van der Waals surface area contributed by atoms with E-state index >= 15 is 0 Å². The molecule has 1 aromatic carbocycles. The number of amides is 1. The molecule has 1 aliphatic rings. The van der Waals surface area contributed by atoms with Crippen LogP contribution in [0.1, 0.15) is 17.3 Å². The normalized spacial score (nSPS) is 13.8. The summed E-state index contributed by atoms with van der Waals surface area (Å²) in [4.78, 5) is 14.4. The van der Waals surface area contributed by atoms with Gasteiger partial charge in [-0.3, -0.25) is 9.69 Å². The van der Waals surface area contributed by atoms with Crippen molar-refractivity contribution in [1.29, 1.82) is 0 Å². The number of carbonyl (C=O) groups excluding carboxylic acids is 1. The van der Waals surface area contributed by atoms with Gasteiger partial charge in [0.25, 0.3) is 5.88 Å². The van der Waals surface area contributed by atoms with E-state index in [-0.39, 0.29) is 19.3 Å². The number of fused-ring (bicyclic) bond motifs is 1. The van der Waals surface area contributed by atoms with Gasteiger partial charge in [-0.2, -0.15) is 0 Å². The molecule has 0 bridgehead atoms. The van der Waals surface area contributed by atoms with Gasteiger partial charge in [0.15, 0.2) is 11.5 Å². The minimum Gasteiger partial charge on any atom is -0.472 e. The highest BCUT2D eigenvalue weighted by atomic mass is 16.7. The summed E-state index contributed by atoms with van der Waals surface area (Å²) in [5.74, 6) is 1.53. The fraction of sp³-hybridized carbons (Fsp3) is 0.438. The Bertz CT molecular complexity index is 746. The Kier molecular flexibility index (Phi) is 5.03. The molecule has 134 valence electrons. The molecule has 0 spiro atoms.